The van der Waals surface area contributed by atoms with E-state index in [1.165, 1.54) is 22.5 Å². The van der Waals surface area contributed by atoms with Crippen molar-refractivity contribution in [3.63, 3.8) is 0 Å². The summed E-state index contributed by atoms with van der Waals surface area (Å²) in [5.41, 5.74) is 0.621. The third-order valence-corrected chi connectivity index (χ3v) is 8.71. The molecule has 0 N–H and O–H groups in total. The molecule has 6 nitrogen and oxygen atoms in total. The first-order valence-electron chi connectivity index (χ1n) is 8.76. The van der Waals surface area contributed by atoms with Gasteiger partial charge in [0.15, 0.2) is 0 Å². The molecule has 0 amide bonds. The van der Waals surface area contributed by atoms with E-state index in [9.17, 15) is 16.8 Å². The molecule has 0 aliphatic carbocycles. The van der Waals surface area contributed by atoms with Crippen molar-refractivity contribution in [2.75, 3.05) is 13.1 Å². The van der Waals surface area contributed by atoms with Gasteiger partial charge in [-0.15, -0.1) is 0 Å². The zero-order valence-corrected chi connectivity index (χ0v) is 16.7. The highest BCUT2D eigenvalue weighted by Gasteiger charge is 2.32. The van der Waals surface area contributed by atoms with Crippen LogP contribution in [0.2, 0.25) is 0 Å². The van der Waals surface area contributed by atoms with Crippen molar-refractivity contribution in [2.45, 2.75) is 49.3 Å². The van der Waals surface area contributed by atoms with E-state index in [0.29, 0.717) is 18.8 Å². The molecule has 1 fully saturated rings. The summed E-state index contributed by atoms with van der Waals surface area (Å²) in [6, 6.07) is 9.53. The number of hydrogen-bond acceptors (Lipinski definition) is 4. The second kappa shape index (κ2) is 7.17. The Kier molecular flexibility index (Phi) is 5.28. The van der Waals surface area contributed by atoms with Crippen LogP contribution in [0.4, 0.5) is 0 Å². The summed E-state index contributed by atoms with van der Waals surface area (Å²) in [4.78, 5) is 0.219. The van der Waals surface area contributed by atoms with Crippen LogP contribution in [-0.2, 0) is 20.0 Å². The van der Waals surface area contributed by atoms with Crippen LogP contribution >= 0.6 is 0 Å². The summed E-state index contributed by atoms with van der Waals surface area (Å²) >= 11 is 0. The van der Waals surface area contributed by atoms with Crippen LogP contribution in [0.1, 0.15) is 37.1 Å². The molecule has 0 spiro atoms. The molecule has 142 valence electrons. The van der Waals surface area contributed by atoms with Gasteiger partial charge in [-0.3, -0.25) is 0 Å². The predicted octanol–water partition coefficient (Wildman–Crippen LogP) is 2.91. The topological polar surface area (TPSA) is 76.5 Å². The second-order valence-corrected chi connectivity index (χ2v) is 10.3. The Morgan fingerprint density at radius 1 is 0.808 bits per heavy atom. The van der Waals surface area contributed by atoms with Gasteiger partial charge in [0.05, 0.1) is 10.6 Å². The maximum atomic E-state index is 13.1. The van der Waals surface area contributed by atoms with Crippen molar-refractivity contribution in [3.8, 4) is 0 Å². The van der Waals surface area contributed by atoms with Crippen molar-refractivity contribution in [3.05, 3.63) is 47.8 Å². The van der Waals surface area contributed by atoms with Gasteiger partial charge < -0.3 is 0 Å². The summed E-state index contributed by atoms with van der Waals surface area (Å²) in [5, 5.41) is 0. The summed E-state index contributed by atoms with van der Waals surface area (Å²) in [5.74, 6) is 0. The lowest BCUT2D eigenvalue weighted by Gasteiger charge is -2.20. The Hall–Kier alpha value is -1.64. The molecule has 1 aromatic heterocycles. The van der Waals surface area contributed by atoms with Gasteiger partial charge in [-0.05, 0) is 44.9 Å². The Balaban J connectivity index is 2.09. The average molecular weight is 397 g/mol. The van der Waals surface area contributed by atoms with Gasteiger partial charge in [0.2, 0.25) is 10.0 Å². The van der Waals surface area contributed by atoms with E-state index in [1.807, 2.05) is 0 Å². The van der Waals surface area contributed by atoms with Crippen molar-refractivity contribution < 1.29 is 16.8 Å². The molecule has 1 saturated heterocycles. The van der Waals surface area contributed by atoms with E-state index in [0.717, 1.165) is 29.7 Å². The fraction of sp³-hybridized carbons (Fsp3) is 0.444. The SMILES string of the molecule is Cc1cc(S(=O)(=O)N2CCCCCC2)c(C)n1S(=O)(=O)c1ccccc1. The number of rotatable bonds is 4. The standard InChI is InChI=1S/C18H24N2O4S2/c1-15-14-18(26(23,24)19-12-8-3-4-9-13-19)16(2)20(15)25(21,22)17-10-6-5-7-11-17/h5-7,10-11,14H,3-4,8-9,12-13H2,1-2H3. The Bertz CT molecular complexity index is 985. The summed E-state index contributed by atoms with van der Waals surface area (Å²) in [6.07, 6.45) is 3.71. The number of aromatic nitrogens is 1. The minimum absolute atomic E-state index is 0.0800. The van der Waals surface area contributed by atoms with E-state index in [-0.39, 0.29) is 15.5 Å². The highest BCUT2D eigenvalue weighted by molar-refractivity contribution is 7.90. The average Bonchev–Trinajstić information content (AvgIpc) is 2.80. The number of aryl methyl sites for hydroxylation is 1. The van der Waals surface area contributed by atoms with Crippen LogP contribution in [0.25, 0.3) is 0 Å². The molecule has 2 aromatic rings. The van der Waals surface area contributed by atoms with Crippen LogP contribution < -0.4 is 0 Å². The molecular formula is C18H24N2O4S2. The molecule has 0 unspecified atom stereocenters. The van der Waals surface area contributed by atoms with Gasteiger partial charge in [0.25, 0.3) is 10.0 Å². The lowest BCUT2D eigenvalue weighted by Crippen LogP contribution is -2.32. The molecule has 1 aromatic carbocycles. The molecule has 3 rings (SSSR count). The van der Waals surface area contributed by atoms with E-state index in [2.05, 4.69) is 0 Å². The summed E-state index contributed by atoms with van der Waals surface area (Å²) in [6.45, 7) is 4.14. The zero-order valence-electron chi connectivity index (χ0n) is 15.1. The lowest BCUT2D eigenvalue weighted by molar-refractivity contribution is 0.423. The molecule has 1 aliphatic heterocycles. The van der Waals surface area contributed by atoms with E-state index in [1.54, 1.807) is 32.0 Å². The molecular weight excluding hydrogens is 372 g/mol. The fourth-order valence-corrected chi connectivity index (χ4v) is 6.93. The van der Waals surface area contributed by atoms with Crippen LogP contribution in [0, 0.1) is 13.8 Å². The quantitative estimate of drug-likeness (QED) is 0.796. The molecule has 0 saturated carbocycles. The van der Waals surface area contributed by atoms with Gasteiger partial charge in [-0.25, -0.2) is 20.8 Å². The number of benzene rings is 1. The van der Waals surface area contributed by atoms with Gasteiger partial charge in [0, 0.05) is 18.8 Å². The van der Waals surface area contributed by atoms with Gasteiger partial charge in [-0.1, -0.05) is 31.0 Å². The zero-order chi connectivity index (χ0) is 18.9. The Labute approximate surface area is 155 Å². The van der Waals surface area contributed by atoms with Crippen molar-refractivity contribution in [1.82, 2.24) is 8.28 Å². The summed E-state index contributed by atoms with van der Waals surface area (Å²) in [7, 11) is -7.56. The summed E-state index contributed by atoms with van der Waals surface area (Å²) < 4.78 is 54.8. The molecule has 0 radical (unpaired) electrons. The van der Waals surface area contributed by atoms with E-state index >= 15 is 0 Å². The monoisotopic (exact) mass is 396 g/mol. The van der Waals surface area contributed by atoms with Gasteiger partial charge >= 0.3 is 0 Å². The Morgan fingerprint density at radius 2 is 1.38 bits per heavy atom. The molecule has 0 bridgehead atoms. The lowest BCUT2D eigenvalue weighted by atomic mass is 10.2. The van der Waals surface area contributed by atoms with Crippen LogP contribution in [-0.4, -0.2) is 38.2 Å². The highest BCUT2D eigenvalue weighted by atomic mass is 32.2. The number of nitrogens with zero attached hydrogens (tertiary/aromatic N) is 2. The highest BCUT2D eigenvalue weighted by Crippen LogP contribution is 2.28. The van der Waals surface area contributed by atoms with E-state index in [4.69, 9.17) is 0 Å². The first-order valence-corrected chi connectivity index (χ1v) is 11.6. The molecule has 1 aliphatic rings. The third kappa shape index (κ3) is 3.33. The third-order valence-electron chi connectivity index (χ3n) is 4.79. The van der Waals surface area contributed by atoms with Gasteiger partial charge in [0.1, 0.15) is 4.90 Å². The predicted molar refractivity (Wildman–Crippen MR) is 100 cm³/mol. The van der Waals surface area contributed by atoms with Crippen LogP contribution in [0.5, 0.6) is 0 Å². The van der Waals surface area contributed by atoms with Crippen molar-refractivity contribution in [1.29, 1.82) is 0 Å². The maximum Gasteiger partial charge on any atom is 0.268 e. The van der Waals surface area contributed by atoms with Crippen LogP contribution in [0.15, 0.2) is 46.2 Å². The molecule has 26 heavy (non-hydrogen) atoms. The smallest absolute Gasteiger partial charge is 0.242 e. The largest absolute Gasteiger partial charge is 0.268 e. The maximum absolute atomic E-state index is 13.1. The van der Waals surface area contributed by atoms with Crippen molar-refractivity contribution >= 4 is 20.0 Å². The first-order chi connectivity index (χ1) is 12.3. The number of sulfonamides is 1. The normalized spacial score (nSPS) is 17.2. The molecule has 0 atom stereocenters. The van der Waals surface area contributed by atoms with Gasteiger partial charge in [-0.2, -0.15) is 4.31 Å². The van der Waals surface area contributed by atoms with E-state index < -0.39 is 20.0 Å². The molecule has 8 heteroatoms. The van der Waals surface area contributed by atoms with Crippen molar-refractivity contribution in [2.24, 2.45) is 0 Å². The first kappa shape index (κ1) is 19.1. The Morgan fingerprint density at radius 3 is 1.96 bits per heavy atom. The van der Waals surface area contributed by atoms with Crippen LogP contribution in [0.3, 0.4) is 0 Å². The minimum Gasteiger partial charge on any atom is -0.242 e. The number of hydrogen-bond donors (Lipinski definition) is 0. The minimum atomic E-state index is -3.84. The molecule has 2 heterocycles. The second-order valence-electron chi connectivity index (χ2n) is 6.64. The fourth-order valence-electron chi connectivity index (χ4n) is 3.47.